The van der Waals surface area contributed by atoms with Crippen molar-refractivity contribution >= 4 is 8.80 Å². The van der Waals surface area contributed by atoms with Gasteiger partial charge in [-0.05, 0) is 40.0 Å². The van der Waals surface area contributed by atoms with Crippen molar-refractivity contribution in [1.82, 2.24) is 0 Å². The molecule has 3 nitrogen and oxygen atoms in total. The summed E-state index contributed by atoms with van der Waals surface area (Å²) in [4.78, 5) is 0. The zero-order valence-corrected chi connectivity index (χ0v) is 28.2. The molecular weight excluding hydrogens is 503 g/mol. The van der Waals surface area contributed by atoms with E-state index in [2.05, 4.69) is 27.7 Å². The zero-order chi connectivity index (χ0) is 28.7. The first-order chi connectivity index (χ1) is 19.1. The number of hydrogen-bond acceptors (Lipinski definition) is 3. The Balaban J connectivity index is 3.86. The average Bonchev–Trinajstić information content (AvgIpc) is 2.92. The van der Waals surface area contributed by atoms with Crippen LogP contribution in [0.5, 0.6) is 0 Å². The first-order valence-electron chi connectivity index (χ1n) is 17.7. The standard InChI is InChI=1S/C34H71FO3Si/c1-5-8-9-10-11-12-13-14-15-16-17-18-19-22-25-28-31-34(4)38-39(36-6-2,37-7-3)33-30-27-24-21-20-23-26-29-32-35/h34H,5-33H2,1-4H3. The fourth-order valence-electron chi connectivity index (χ4n) is 5.59. The molecule has 0 aromatic carbocycles. The van der Waals surface area contributed by atoms with E-state index in [-0.39, 0.29) is 12.8 Å². The van der Waals surface area contributed by atoms with Crippen molar-refractivity contribution in [3.05, 3.63) is 0 Å². The number of unbranched alkanes of at least 4 members (excludes halogenated alkanes) is 22. The average molecular weight is 575 g/mol. The van der Waals surface area contributed by atoms with Crippen LogP contribution in [0.2, 0.25) is 6.04 Å². The molecule has 1 unspecified atom stereocenters. The highest BCUT2D eigenvalue weighted by atomic mass is 28.4. The van der Waals surface area contributed by atoms with Gasteiger partial charge in [-0.25, -0.2) is 0 Å². The fourth-order valence-corrected chi connectivity index (χ4v) is 8.51. The van der Waals surface area contributed by atoms with Crippen LogP contribution in [-0.2, 0) is 13.3 Å². The van der Waals surface area contributed by atoms with Crippen LogP contribution in [-0.4, -0.2) is 34.8 Å². The molecule has 0 N–H and O–H groups in total. The van der Waals surface area contributed by atoms with Crippen LogP contribution in [0.4, 0.5) is 4.39 Å². The van der Waals surface area contributed by atoms with Gasteiger partial charge >= 0.3 is 8.80 Å². The smallest absolute Gasteiger partial charge is 0.374 e. The second-order valence-electron chi connectivity index (χ2n) is 11.8. The first kappa shape index (κ1) is 39.0. The van der Waals surface area contributed by atoms with Crippen molar-refractivity contribution in [1.29, 1.82) is 0 Å². The third kappa shape index (κ3) is 26.7. The lowest BCUT2D eigenvalue weighted by molar-refractivity contribution is 0.0342. The molecule has 0 aromatic rings. The topological polar surface area (TPSA) is 27.7 Å². The molecule has 0 aliphatic carbocycles. The third-order valence-corrected chi connectivity index (χ3v) is 11.1. The molecule has 1 atom stereocenters. The largest absolute Gasteiger partial charge is 0.501 e. The third-order valence-electron chi connectivity index (χ3n) is 7.94. The molecule has 0 spiro atoms. The molecule has 0 aliphatic heterocycles. The molecule has 0 rings (SSSR count). The lowest BCUT2D eigenvalue weighted by atomic mass is 10.0. The number of alkyl halides is 1. The van der Waals surface area contributed by atoms with Gasteiger partial charge in [0.15, 0.2) is 0 Å². The molecule has 0 fully saturated rings. The summed E-state index contributed by atoms with van der Waals surface area (Å²) in [6.07, 6.45) is 32.8. The van der Waals surface area contributed by atoms with E-state index in [4.69, 9.17) is 13.3 Å². The van der Waals surface area contributed by atoms with Crippen LogP contribution in [0.25, 0.3) is 0 Å². The Morgan fingerprint density at radius 1 is 0.487 bits per heavy atom. The van der Waals surface area contributed by atoms with Crippen LogP contribution in [0.3, 0.4) is 0 Å². The summed E-state index contributed by atoms with van der Waals surface area (Å²) in [5.74, 6) is 0. The molecule has 236 valence electrons. The van der Waals surface area contributed by atoms with Crippen molar-refractivity contribution in [2.24, 2.45) is 0 Å². The predicted molar refractivity (Wildman–Crippen MR) is 171 cm³/mol. The maximum absolute atomic E-state index is 12.2. The SMILES string of the molecule is CCCCCCCCCCCCCCCCCCC(C)O[Si](CCCCCCCCCCF)(OCC)OCC. The molecular formula is C34H71FO3Si. The van der Waals surface area contributed by atoms with E-state index in [1.54, 1.807) is 0 Å². The molecule has 5 heteroatoms. The van der Waals surface area contributed by atoms with E-state index in [1.165, 1.54) is 135 Å². The van der Waals surface area contributed by atoms with Crippen LogP contribution < -0.4 is 0 Å². The van der Waals surface area contributed by atoms with E-state index in [0.717, 1.165) is 31.7 Å². The second-order valence-corrected chi connectivity index (χ2v) is 14.5. The summed E-state index contributed by atoms with van der Waals surface area (Å²) >= 11 is 0. The van der Waals surface area contributed by atoms with Gasteiger partial charge in [0.2, 0.25) is 0 Å². The van der Waals surface area contributed by atoms with E-state index in [1.807, 2.05) is 0 Å². The van der Waals surface area contributed by atoms with Crippen molar-refractivity contribution in [3.8, 4) is 0 Å². The molecule has 0 heterocycles. The Morgan fingerprint density at radius 2 is 0.846 bits per heavy atom. The lowest BCUT2D eigenvalue weighted by Gasteiger charge is -2.32. The number of rotatable bonds is 33. The van der Waals surface area contributed by atoms with Gasteiger partial charge in [-0.15, -0.1) is 0 Å². The van der Waals surface area contributed by atoms with Gasteiger partial charge in [0, 0.05) is 25.4 Å². The van der Waals surface area contributed by atoms with Gasteiger partial charge in [0.25, 0.3) is 0 Å². The van der Waals surface area contributed by atoms with Gasteiger partial charge in [0.05, 0.1) is 6.67 Å². The van der Waals surface area contributed by atoms with E-state index in [0.29, 0.717) is 13.2 Å². The summed E-state index contributed by atoms with van der Waals surface area (Å²) in [7, 11) is -2.60. The van der Waals surface area contributed by atoms with Gasteiger partial charge in [-0.1, -0.05) is 148 Å². The fraction of sp³-hybridized carbons (Fsp3) is 1.00. The Bertz CT molecular complexity index is 460. The van der Waals surface area contributed by atoms with Gasteiger partial charge < -0.3 is 13.3 Å². The Morgan fingerprint density at radius 3 is 1.23 bits per heavy atom. The van der Waals surface area contributed by atoms with Gasteiger partial charge in [0.1, 0.15) is 0 Å². The molecule has 0 amide bonds. The van der Waals surface area contributed by atoms with E-state index < -0.39 is 8.80 Å². The normalized spacial score (nSPS) is 12.8. The van der Waals surface area contributed by atoms with E-state index >= 15 is 0 Å². The minimum Gasteiger partial charge on any atom is -0.374 e. The predicted octanol–water partition coefficient (Wildman–Crippen LogP) is 12.1. The summed E-state index contributed by atoms with van der Waals surface area (Å²) in [5.41, 5.74) is 0. The molecule has 0 saturated heterocycles. The Kier molecular flexibility index (Phi) is 31.0. The van der Waals surface area contributed by atoms with E-state index in [9.17, 15) is 4.39 Å². The molecule has 0 bridgehead atoms. The molecule has 0 aliphatic rings. The van der Waals surface area contributed by atoms with Crippen LogP contribution in [0.1, 0.15) is 188 Å². The maximum Gasteiger partial charge on any atom is 0.501 e. The molecule has 0 radical (unpaired) electrons. The van der Waals surface area contributed by atoms with Crippen LogP contribution >= 0.6 is 0 Å². The summed E-state index contributed by atoms with van der Waals surface area (Å²) in [6.45, 7) is 9.77. The summed E-state index contributed by atoms with van der Waals surface area (Å²) < 4.78 is 31.2. The summed E-state index contributed by atoms with van der Waals surface area (Å²) in [6, 6.07) is 0.930. The minimum atomic E-state index is -2.60. The Hall–Kier alpha value is 0.0269. The highest BCUT2D eigenvalue weighted by molar-refractivity contribution is 6.60. The molecule has 39 heavy (non-hydrogen) atoms. The molecule has 0 saturated carbocycles. The van der Waals surface area contributed by atoms with Crippen molar-refractivity contribution in [2.45, 2.75) is 200 Å². The minimum absolute atomic E-state index is 0.167. The highest BCUT2D eigenvalue weighted by Crippen LogP contribution is 2.24. The maximum atomic E-state index is 12.2. The number of hydrogen-bond donors (Lipinski definition) is 0. The molecule has 0 aromatic heterocycles. The monoisotopic (exact) mass is 575 g/mol. The van der Waals surface area contributed by atoms with Gasteiger partial charge in [-0.3, -0.25) is 4.39 Å². The van der Waals surface area contributed by atoms with Gasteiger partial charge in [-0.2, -0.15) is 0 Å². The Labute approximate surface area is 246 Å². The lowest BCUT2D eigenvalue weighted by Crippen LogP contribution is -2.48. The van der Waals surface area contributed by atoms with Crippen molar-refractivity contribution < 1.29 is 17.7 Å². The first-order valence-corrected chi connectivity index (χ1v) is 19.6. The zero-order valence-electron chi connectivity index (χ0n) is 27.2. The van der Waals surface area contributed by atoms with Crippen LogP contribution in [0, 0.1) is 0 Å². The van der Waals surface area contributed by atoms with Crippen molar-refractivity contribution in [2.75, 3.05) is 19.9 Å². The van der Waals surface area contributed by atoms with Crippen molar-refractivity contribution in [3.63, 3.8) is 0 Å². The quantitative estimate of drug-likeness (QED) is 0.0576. The number of halogens is 1. The highest BCUT2D eigenvalue weighted by Gasteiger charge is 2.41. The summed E-state index contributed by atoms with van der Waals surface area (Å²) in [5, 5.41) is 0. The van der Waals surface area contributed by atoms with Crippen LogP contribution in [0.15, 0.2) is 0 Å². The second kappa shape index (κ2) is 31.0.